The van der Waals surface area contributed by atoms with Gasteiger partial charge in [-0.2, -0.15) is 0 Å². The summed E-state index contributed by atoms with van der Waals surface area (Å²) in [6, 6.07) is 6.99. The van der Waals surface area contributed by atoms with Crippen LogP contribution < -0.4 is 15.8 Å². The summed E-state index contributed by atoms with van der Waals surface area (Å²) >= 11 is 0. The Hall–Kier alpha value is -1.75. The molecule has 0 aromatic heterocycles. The second kappa shape index (κ2) is 6.26. The molecule has 18 heavy (non-hydrogen) atoms. The summed E-state index contributed by atoms with van der Waals surface area (Å²) in [5, 5.41) is 11.9. The average molecular weight is 252 g/mol. The maximum atomic E-state index is 11.7. The lowest BCUT2D eigenvalue weighted by molar-refractivity contribution is -0.125. The average Bonchev–Trinajstić information content (AvgIpc) is 2.37. The van der Waals surface area contributed by atoms with Crippen molar-refractivity contribution in [3.63, 3.8) is 0 Å². The van der Waals surface area contributed by atoms with Gasteiger partial charge in [-0.1, -0.05) is 19.1 Å². The summed E-state index contributed by atoms with van der Waals surface area (Å²) in [5.41, 5.74) is 5.57. The molecule has 100 valence electrons. The van der Waals surface area contributed by atoms with Gasteiger partial charge in [-0.25, -0.2) is 0 Å². The van der Waals surface area contributed by atoms with Crippen LogP contribution in [0.4, 0.5) is 5.69 Å². The third-order valence-corrected chi connectivity index (χ3v) is 2.85. The van der Waals surface area contributed by atoms with Crippen LogP contribution in [0.1, 0.15) is 20.3 Å². The molecular weight excluding hydrogens is 232 g/mol. The van der Waals surface area contributed by atoms with Crippen molar-refractivity contribution in [3.05, 3.63) is 24.3 Å². The van der Waals surface area contributed by atoms with Gasteiger partial charge in [-0.3, -0.25) is 4.79 Å². The highest BCUT2D eigenvalue weighted by molar-refractivity contribution is 5.78. The highest BCUT2D eigenvalue weighted by Gasteiger charge is 2.23. The van der Waals surface area contributed by atoms with Gasteiger partial charge in [0.2, 0.25) is 0 Å². The summed E-state index contributed by atoms with van der Waals surface area (Å²) in [4.78, 5) is 11.7. The van der Waals surface area contributed by atoms with E-state index in [0.29, 0.717) is 17.9 Å². The number of nitrogen functional groups attached to an aromatic ring is 1. The van der Waals surface area contributed by atoms with Crippen molar-refractivity contribution in [2.24, 2.45) is 0 Å². The lowest BCUT2D eigenvalue weighted by Gasteiger charge is -2.27. The Bertz CT molecular complexity index is 403. The maximum absolute atomic E-state index is 11.7. The number of nitrogens with one attached hydrogen (secondary N) is 1. The molecule has 0 saturated carbocycles. The summed E-state index contributed by atoms with van der Waals surface area (Å²) in [7, 11) is 0. The number of anilines is 1. The van der Waals surface area contributed by atoms with Gasteiger partial charge >= 0.3 is 0 Å². The molecule has 0 spiro atoms. The Morgan fingerprint density at radius 2 is 2.17 bits per heavy atom. The molecule has 1 atom stereocenters. The molecule has 1 aromatic carbocycles. The SMILES string of the molecule is CCC(C)(CO)NC(=O)COc1ccccc1N. The van der Waals surface area contributed by atoms with Gasteiger partial charge in [0.15, 0.2) is 6.61 Å². The first-order valence-electron chi connectivity index (χ1n) is 5.90. The van der Waals surface area contributed by atoms with E-state index in [9.17, 15) is 9.90 Å². The van der Waals surface area contributed by atoms with Crippen molar-refractivity contribution < 1.29 is 14.6 Å². The molecule has 1 amide bonds. The molecule has 1 unspecified atom stereocenters. The van der Waals surface area contributed by atoms with Crippen molar-refractivity contribution in [2.75, 3.05) is 18.9 Å². The molecule has 0 radical (unpaired) electrons. The number of hydrogen-bond acceptors (Lipinski definition) is 4. The van der Waals surface area contributed by atoms with Gasteiger partial charge in [0.05, 0.1) is 17.8 Å². The fraction of sp³-hybridized carbons (Fsp3) is 0.462. The van der Waals surface area contributed by atoms with Crippen molar-refractivity contribution in [3.8, 4) is 5.75 Å². The zero-order valence-electron chi connectivity index (χ0n) is 10.8. The predicted octanol–water partition coefficient (Wildman–Crippen LogP) is 0.925. The Labute approximate surface area is 107 Å². The van der Waals surface area contributed by atoms with Crippen LogP contribution >= 0.6 is 0 Å². The Morgan fingerprint density at radius 3 is 2.72 bits per heavy atom. The molecule has 0 bridgehead atoms. The van der Waals surface area contributed by atoms with E-state index >= 15 is 0 Å². The highest BCUT2D eigenvalue weighted by Crippen LogP contribution is 2.19. The number of para-hydroxylation sites is 2. The van der Waals surface area contributed by atoms with Crippen molar-refractivity contribution in [2.45, 2.75) is 25.8 Å². The number of hydrogen-bond donors (Lipinski definition) is 3. The molecule has 4 N–H and O–H groups in total. The van der Waals surface area contributed by atoms with Gasteiger partial charge < -0.3 is 20.9 Å². The largest absolute Gasteiger partial charge is 0.482 e. The number of nitrogens with two attached hydrogens (primary N) is 1. The number of aliphatic hydroxyl groups is 1. The topological polar surface area (TPSA) is 84.6 Å². The van der Waals surface area contributed by atoms with E-state index in [1.54, 1.807) is 31.2 Å². The van der Waals surface area contributed by atoms with E-state index < -0.39 is 5.54 Å². The number of ether oxygens (including phenoxy) is 1. The molecule has 0 heterocycles. The molecule has 0 aliphatic rings. The fourth-order valence-electron chi connectivity index (χ4n) is 1.37. The normalized spacial score (nSPS) is 13.7. The molecule has 1 rings (SSSR count). The molecule has 5 heteroatoms. The molecular formula is C13H20N2O3. The van der Waals surface area contributed by atoms with Gasteiger partial charge in [0, 0.05) is 0 Å². The number of rotatable bonds is 6. The number of carbonyl (C=O) groups is 1. The van der Waals surface area contributed by atoms with Crippen molar-refractivity contribution in [1.82, 2.24) is 5.32 Å². The van der Waals surface area contributed by atoms with E-state index in [1.807, 2.05) is 6.92 Å². The van der Waals surface area contributed by atoms with Crippen LogP contribution in [0.2, 0.25) is 0 Å². The number of amides is 1. The standard InChI is InChI=1S/C13H20N2O3/c1-3-13(2,9-16)15-12(17)8-18-11-7-5-4-6-10(11)14/h4-7,16H,3,8-9,14H2,1-2H3,(H,15,17). The van der Waals surface area contributed by atoms with Gasteiger partial charge in [-0.05, 0) is 25.5 Å². The molecule has 0 aliphatic heterocycles. The third-order valence-electron chi connectivity index (χ3n) is 2.85. The van der Waals surface area contributed by atoms with E-state index in [-0.39, 0.29) is 19.1 Å². The molecule has 0 aliphatic carbocycles. The summed E-state index contributed by atoms with van der Waals surface area (Å²) in [6.45, 7) is 3.45. The highest BCUT2D eigenvalue weighted by atomic mass is 16.5. The summed E-state index contributed by atoms with van der Waals surface area (Å²) in [5.74, 6) is 0.200. The van der Waals surface area contributed by atoms with Crippen LogP contribution in [0.5, 0.6) is 5.75 Å². The first-order chi connectivity index (χ1) is 8.50. The monoisotopic (exact) mass is 252 g/mol. The van der Waals surface area contributed by atoms with Gasteiger partial charge in [0.1, 0.15) is 5.75 Å². The van der Waals surface area contributed by atoms with Crippen LogP contribution in [0.15, 0.2) is 24.3 Å². The minimum Gasteiger partial charge on any atom is -0.482 e. The van der Waals surface area contributed by atoms with E-state index in [4.69, 9.17) is 10.5 Å². The maximum Gasteiger partial charge on any atom is 0.258 e. The van der Waals surface area contributed by atoms with Crippen LogP contribution in [0.25, 0.3) is 0 Å². The molecule has 5 nitrogen and oxygen atoms in total. The van der Waals surface area contributed by atoms with Crippen molar-refractivity contribution >= 4 is 11.6 Å². The molecule has 0 saturated heterocycles. The summed E-state index contributed by atoms with van der Waals surface area (Å²) < 4.78 is 5.31. The van der Waals surface area contributed by atoms with E-state index in [1.165, 1.54) is 0 Å². The Kier molecular flexibility index (Phi) is 4.97. The molecule has 1 aromatic rings. The van der Waals surface area contributed by atoms with Crippen molar-refractivity contribution in [1.29, 1.82) is 0 Å². The first kappa shape index (κ1) is 14.3. The zero-order valence-corrected chi connectivity index (χ0v) is 10.8. The van der Waals surface area contributed by atoms with E-state index in [0.717, 1.165) is 0 Å². The minimum absolute atomic E-state index is 0.108. The second-order valence-electron chi connectivity index (χ2n) is 4.45. The Morgan fingerprint density at radius 1 is 1.50 bits per heavy atom. The zero-order chi connectivity index (χ0) is 13.6. The number of carbonyl (C=O) groups excluding carboxylic acids is 1. The minimum atomic E-state index is -0.608. The van der Waals surface area contributed by atoms with E-state index in [2.05, 4.69) is 5.32 Å². The second-order valence-corrected chi connectivity index (χ2v) is 4.45. The lowest BCUT2D eigenvalue weighted by Crippen LogP contribution is -2.49. The quantitative estimate of drug-likeness (QED) is 0.657. The molecule has 0 fully saturated rings. The Balaban J connectivity index is 2.50. The van der Waals surface area contributed by atoms with Crippen LogP contribution in [-0.2, 0) is 4.79 Å². The number of benzene rings is 1. The predicted molar refractivity (Wildman–Crippen MR) is 70.3 cm³/mol. The van der Waals surface area contributed by atoms with Crippen LogP contribution in [0.3, 0.4) is 0 Å². The van der Waals surface area contributed by atoms with Gasteiger partial charge in [0.25, 0.3) is 5.91 Å². The first-order valence-corrected chi connectivity index (χ1v) is 5.90. The third kappa shape index (κ3) is 3.92. The van der Waals surface area contributed by atoms with Crippen LogP contribution in [-0.4, -0.2) is 29.8 Å². The van der Waals surface area contributed by atoms with Crippen LogP contribution in [0, 0.1) is 0 Å². The number of aliphatic hydroxyl groups excluding tert-OH is 1. The summed E-state index contributed by atoms with van der Waals surface area (Å²) in [6.07, 6.45) is 0.642. The van der Waals surface area contributed by atoms with Gasteiger partial charge in [-0.15, -0.1) is 0 Å². The lowest BCUT2D eigenvalue weighted by atomic mass is 10.0. The fourth-order valence-corrected chi connectivity index (χ4v) is 1.37. The smallest absolute Gasteiger partial charge is 0.258 e.